The van der Waals surface area contributed by atoms with Gasteiger partial charge in [0.15, 0.2) is 0 Å². The summed E-state index contributed by atoms with van der Waals surface area (Å²) in [5, 5.41) is 8.51. The lowest BCUT2D eigenvalue weighted by molar-refractivity contribution is 1.18. The molecule has 0 saturated carbocycles. The van der Waals surface area contributed by atoms with Gasteiger partial charge in [-0.25, -0.2) is 0 Å². The highest BCUT2D eigenvalue weighted by Crippen LogP contribution is 2.24. The maximum atomic E-state index is 8.46. The lowest BCUT2D eigenvalue weighted by atomic mass is 10.5. The zero-order valence-corrected chi connectivity index (χ0v) is 7.34. The number of nitrogens with zero attached hydrogens (tertiary/aromatic N) is 2. The van der Waals surface area contributed by atoms with E-state index in [9.17, 15) is 0 Å². The van der Waals surface area contributed by atoms with Gasteiger partial charge < -0.3 is 0 Å². The van der Waals surface area contributed by atoms with Crippen LogP contribution in [0.1, 0.15) is 6.92 Å². The van der Waals surface area contributed by atoms with Crippen molar-refractivity contribution < 1.29 is 0 Å². The number of hydrogen-bond acceptors (Lipinski definition) is 4. The zero-order chi connectivity index (χ0) is 7.40. The van der Waals surface area contributed by atoms with Crippen LogP contribution in [0.25, 0.3) is 0 Å². The molecule has 0 N–H and O–H groups in total. The SMILES string of the molecule is CC(C#N)SC1=NCCS1. The van der Waals surface area contributed by atoms with Crippen LogP contribution in [0.5, 0.6) is 0 Å². The van der Waals surface area contributed by atoms with Crippen LogP contribution >= 0.6 is 23.5 Å². The number of thioether (sulfide) groups is 2. The maximum absolute atomic E-state index is 8.46. The molecule has 10 heavy (non-hydrogen) atoms. The van der Waals surface area contributed by atoms with E-state index in [4.69, 9.17) is 5.26 Å². The van der Waals surface area contributed by atoms with Gasteiger partial charge >= 0.3 is 0 Å². The van der Waals surface area contributed by atoms with E-state index in [-0.39, 0.29) is 5.25 Å². The van der Waals surface area contributed by atoms with Crippen LogP contribution in [0, 0.1) is 11.3 Å². The predicted molar refractivity (Wildman–Crippen MR) is 47.4 cm³/mol. The van der Waals surface area contributed by atoms with Gasteiger partial charge in [0.05, 0.1) is 17.9 Å². The van der Waals surface area contributed by atoms with Crippen molar-refractivity contribution >= 4 is 27.9 Å². The van der Waals surface area contributed by atoms with E-state index < -0.39 is 0 Å². The fourth-order valence-corrected chi connectivity index (χ4v) is 2.58. The zero-order valence-electron chi connectivity index (χ0n) is 5.70. The minimum atomic E-state index is 0.0457. The number of rotatable bonds is 1. The van der Waals surface area contributed by atoms with Gasteiger partial charge in [0.2, 0.25) is 0 Å². The van der Waals surface area contributed by atoms with E-state index in [0.717, 1.165) is 16.7 Å². The Labute approximate surface area is 69.1 Å². The molecule has 2 nitrogen and oxygen atoms in total. The molecule has 0 spiro atoms. The van der Waals surface area contributed by atoms with Crippen molar-refractivity contribution in [3.8, 4) is 6.07 Å². The second-order valence-electron chi connectivity index (χ2n) is 1.89. The lowest BCUT2D eigenvalue weighted by Crippen LogP contribution is -1.93. The van der Waals surface area contributed by atoms with Crippen LogP contribution in [0.2, 0.25) is 0 Å². The van der Waals surface area contributed by atoms with Gasteiger partial charge in [0.25, 0.3) is 0 Å². The van der Waals surface area contributed by atoms with Crippen molar-refractivity contribution in [2.75, 3.05) is 12.3 Å². The van der Waals surface area contributed by atoms with E-state index in [1.54, 1.807) is 23.5 Å². The van der Waals surface area contributed by atoms with Crippen LogP contribution in [-0.4, -0.2) is 21.9 Å². The van der Waals surface area contributed by atoms with Gasteiger partial charge in [-0.05, 0) is 6.92 Å². The summed E-state index contributed by atoms with van der Waals surface area (Å²) < 4.78 is 1.08. The smallest absolute Gasteiger partial charge is 0.125 e. The van der Waals surface area contributed by atoms with Crippen molar-refractivity contribution in [2.24, 2.45) is 4.99 Å². The Morgan fingerprint density at radius 2 is 2.70 bits per heavy atom. The van der Waals surface area contributed by atoms with E-state index in [2.05, 4.69) is 11.1 Å². The lowest BCUT2D eigenvalue weighted by Gasteiger charge is -1.98. The second kappa shape index (κ2) is 3.89. The molecule has 1 aliphatic heterocycles. The molecular formula is C6H8N2S2. The molecule has 0 amide bonds. The highest BCUT2D eigenvalue weighted by molar-refractivity contribution is 8.39. The van der Waals surface area contributed by atoms with Crippen LogP contribution in [0.3, 0.4) is 0 Å². The Hall–Kier alpha value is -0.140. The van der Waals surface area contributed by atoms with Gasteiger partial charge in [-0.1, -0.05) is 23.5 Å². The third-order valence-corrected chi connectivity index (χ3v) is 3.21. The van der Waals surface area contributed by atoms with Crippen LogP contribution in [0.15, 0.2) is 4.99 Å². The average Bonchev–Trinajstić information content (AvgIpc) is 2.40. The number of nitriles is 1. The monoisotopic (exact) mass is 172 g/mol. The molecule has 0 aromatic rings. The highest BCUT2D eigenvalue weighted by Gasteiger charge is 2.10. The van der Waals surface area contributed by atoms with Crippen molar-refractivity contribution in [3.05, 3.63) is 0 Å². The van der Waals surface area contributed by atoms with E-state index in [1.165, 1.54) is 0 Å². The summed E-state index contributed by atoms with van der Waals surface area (Å²) in [5.41, 5.74) is 0. The molecular weight excluding hydrogens is 164 g/mol. The molecule has 1 unspecified atom stereocenters. The first-order valence-corrected chi connectivity index (χ1v) is 4.93. The molecule has 0 bridgehead atoms. The minimum Gasteiger partial charge on any atom is -0.271 e. The summed E-state index contributed by atoms with van der Waals surface area (Å²) in [4.78, 5) is 4.22. The predicted octanol–water partition coefficient (Wildman–Crippen LogP) is 1.73. The Balaban J connectivity index is 2.32. The summed E-state index contributed by atoms with van der Waals surface area (Å²) in [6.45, 7) is 2.82. The van der Waals surface area contributed by atoms with Crippen LogP contribution < -0.4 is 0 Å². The Morgan fingerprint density at radius 1 is 1.90 bits per heavy atom. The van der Waals surface area contributed by atoms with E-state index in [1.807, 2.05) is 6.92 Å². The van der Waals surface area contributed by atoms with Gasteiger partial charge in [-0.15, -0.1) is 0 Å². The van der Waals surface area contributed by atoms with Crippen molar-refractivity contribution in [1.29, 1.82) is 5.26 Å². The van der Waals surface area contributed by atoms with Crippen molar-refractivity contribution in [1.82, 2.24) is 0 Å². The number of aliphatic imine (C=N–C) groups is 1. The molecule has 0 radical (unpaired) electrons. The van der Waals surface area contributed by atoms with Crippen LogP contribution in [0.4, 0.5) is 0 Å². The summed E-state index contributed by atoms with van der Waals surface area (Å²) >= 11 is 3.31. The molecule has 54 valence electrons. The van der Waals surface area contributed by atoms with Crippen molar-refractivity contribution in [2.45, 2.75) is 12.2 Å². The third-order valence-electron chi connectivity index (χ3n) is 1.02. The molecule has 0 saturated heterocycles. The Morgan fingerprint density at radius 3 is 3.20 bits per heavy atom. The normalized spacial score (nSPS) is 19.8. The Bertz CT molecular complexity index is 183. The van der Waals surface area contributed by atoms with Gasteiger partial charge in [0, 0.05) is 5.75 Å². The first-order chi connectivity index (χ1) is 4.83. The van der Waals surface area contributed by atoms with Gasteiger partial charge in [-0.3, -0.25) is 4.99 Å². The molecule has 1 aliphatic rings. The fourth-order valence-electron chi connectivity index (χ4n) is 0.564. The number of hydrogen-bond donors (Lipinski definition) is 0. The highest BCUT2D eigenvalue weighted by atomic mass is 32.2. The summed E-state index contributed by atoms with van der Waals surface area (Å²) in [7, 11) is 0. The summed E-state index contributed by atoms with van der Waals surface area (Å²) in [5.74, 6) is 1.08. The standard InChI is InChI=1S/C6H8N2S2/c1-5(4-7)10-6-8-2-3-9-6/h5H,2-3H2,1H3. The second-order valence-corrected chi connectivity index (χ2v) is 4.56. The molecule has 1 heterocycles. The van der Waals surface area contributed by atoms with Crippen molar-refractivity contribution in [3.63, 3.8) is 0 Å². The molecule has 0 aromatic heterocycles. The maximum Gasteiger partial charge on any atom is 0.125 e. The molecule has 4 heteroatoms. The Kier molecular flexibility index (Phi) is 3.10. The topological polar surface area (TPSA) is 36.1 Å². The molecule has 0 aliphatic carbocycles. The van der Waals surface area contributed by atoms with Crippen LogP contribution in [-0.2, 0) is 0 Å². The minimum absolute atomic E-state index is 0.0457. The average molecular weight is 172 g/mol. The first-order valence-electron chi connectivity index (χ1n) is 3.06. The molecule has 1 rings (SSSR count). The first kappa shape index (κ1) is 7.96. The molecule has 1 atom stereocenters. The quantitative estimate of drug-likeness (QED) is 0.604. The molecule has 0 aromatic carbocycles. The fraction of sp³-hybridized carbons (Fsp3) is 0.667. The van der Waals surface area contributed by atoms with Gasteiger partial charge in [0.1, 0.15) is 4.38 Å². The summed E-state index contributed by atoms with van der Waals surface area (Å²) in [6, 6.07) is 2.16. The summed E-state index contributed by atoms with van der Waals surface area (Å²) in [6.07, 6.45) is 0. The van der Waals surface area contributed by atoms with E-state index in [0.29, 0.717) is 0 Å². The van der Waals surface area contributed by atoms with Gasteiger partial charge in [-0.2, -0.15) is 5.26 Å². The third kappa shape index (κ3) is 2.24. The molecule has 0 fully saturated rings. The largest absolute Gasteiger partial charge is 0.271 e. The van der Waals surface area contributed by atoms with E-state index >= 15 is 0 Å².